The maximum absolute atomic E-state index is 12.5. The molecule has 0 aliphatic carbocycles. The van der Waals surface area contributed by atoms with Gasteiger partial charge in [0.25, 0.3) is 0 Å². The van der Waals surface area contributed by atoms with E-state index in [1.165, 1.54) is 11.1 Å². The summed E-state index contributed by atoms with van der Waals surface area (Å²) in [4.78, 5) is 14.8. The van der Waals surface area contributed by atoms with Gasteiger partial charge in [-0.15, -0.1) is 10.2 Å². The first kappa shape index (κ1) is 16.3. The number of fused-ring (bicyclic) bond motifs is 2. The van der Waals surface area contributed by atoms with Crippen LogP contribution in [0.4, 0.5) is 0 Å². The minimum absolute atomic E-state index is 0.0977. The molecule has 0 saturated carbocycles. The molecule has 0 fully saturated rings. The molecule has 1 amide bonds. The molecule has 0 saturated heterocycles. The minimum Gasteiger partial charge on any atom is -0.354 e. The van der Waals surface area contributed by atoms with Crippen molar-refractivity contribution in [2.75, 3.05) is 13.1 Å². The standard InChI is InChI=1S/C19H25N5O/c1-14(23-12-9-15-5-2-3-6-16(15)13-23)19(25)20-10-8-18-22-21-17-7-4-11-24(17)18/h2-3,5-6,14H,4,7-13H2,1H3,(H,20,25)/t14-/m0/s1. The van der Waals surface area contributed by atoms with Crippen LogP contribution >= 0.6 is 0 Å². The molecule has 1 atom stereocenters. The first-order valence-electron chi connectivity index (χ1n) is 9.22. The highest BCUT2D eigenvalue weighted by Gasteiger charge is 2.25. The molecule has 2 aromatic rings. The fourth-order valence-corrected chi connectivity index (χ4v) is 3.85. The quantitative estimate of drug-likeness (QED) is 0.893. The second kappa shape index (κ2) is 6.96. The molecule has 3 heterocycles. The van der Waals surface area contributed by atoms with Gasteiger partial charge in [0.1, 0.15) is 11.6 Å². The lowest BCUT2D eigenvalue weighted by molar-refractivity contribution is -0.126. The number of carbonyl (C=O) groups excluding carboxylic acids is 1. The summed E-state index contributed by atoms with van der Waals surface area (Å²) in [5.74, 6) is 2.18. The van der Waals surface area contributed by atoms with Crippen LogP contribution < -0.4 is 5.32 Å². The van der Waals surface area contributed by atoms with E-state index in [4.69, 9.17) is 0 Å². The molecule has 0 unspecified atom stereocenters. The molecule has 1 aromatic carbocycles. The van der Waals surface area contributed by atoms with Crippen LogP contribution in [0.3, 0.4) is 0 Å². The second-order valence-corrected chi connectivity index (χ2v) is 6.99. The molecular weight excluding hydrogens is 314 g/mol. The van der Waals surface area contributed by atoms with Crippen molar-refractivity contribution in [2.45, 2.75) is 51.7 Å². The summed E-state index contributed by atoms with van der Waals surface area (Å²) in [5, 5.41) is 11.5. The highest BCUT2D eigenvalue weighted by atomic mass is 16.2. The summed E-state index contributed by atoms with van der Waals surface area (Å²) in [5.41, 5.74) is 2.75. The van der Waals surface area contributed by atoms with Crippen molar-refractivity contribution in [2.24, 2.45) is 0 Å². The molecule has 0 spiro atoms. The van der Waals surface area contributed by atoms with Crippen molar-refractivity contribution in [1.29, 1.82) is 0 Å². The number of amides is 1. The van der Waals surface area contributed by atoms with E-state index in [1.807, 2.05) is 6.92 Å². The molecule has 0 bridgehead atoms. The number of aryl methyl sites for hydroxylation is 1. The van der Waals surface area contributed by atoms with E-state index >= 15 is 0 Å². The Kier molecular flexibility index (Phi) is 4.53. The molecular formula is C19H25N5O. The monoisotopic (exact) mass is 339 g/mol. The Morgan fingerprint density at radius 1 is 1.20 bits per heavy atom. The van der Waals surface area contributed by atoms with Crippen molar-refractivity contribution in [1.82, 2.24) is 25.0 Å². The first-order valence-corrected chi connectivity index (χ1v) is 9.22. The van der Waals surface area contributed by atoms with Crippen LogP contribution in [0.1, 0.15) is 36.1 Å². The number of benzene rings is 1. The van der Waals surface area contributed by atoms with Gasteiger partial charge < -0.3 is 9.88 Å². The number of aromatic nitrogens is 3. The number of nitrogens with zero attached hydrogens (tertiary/aromatic N) is 4. The Labute approximate surface area is 148 Å². The van der Waals surface area contributed by atoms with Crippen LogP contribution in [0, 0.1) is 0 Å². The largest absolute Gasteiger partial charge is 0.354 e. The van der Waals surface area contributed by atoms with Gasteiger partial charge >= 0.3 is 0 Å². The van der Waals surface area contributed by atoms with Crippen molar-refractivity contribution in [3.05, 3.63) is 47.0 Å². The number of nitrogens with one attached hydrogen (secondary N) is 1. The maximum atomic E-state index is 12.5. The van der Waals surface area contributed by atoms with Gasteiger partial charge in [0, 0.05) is 39.0 Å². The smallest absolute Gasteiger partial charge is 0.237 e. The second-order valence-electron chi connectivity index (χ2n) is 6.99. The van der Waals surface area contributed by atoms with Gasteiger partial charge in [-0.2, -0.15) is 0 Å². The third kappa shape index (κ3) is 3.31. The van der Waals surface area contributed by atoms with Crippen LogP contribution in [0.2, 0.25) is 0 Å². The Balaban J connectivity index is 1.29. The number of rotatable bonds is 5. The topological polar surface area (TPSA) is 63.1 Å². The fourth-order valence-electron chi connectivity index (χ4n) is 3.85. The van der Waals surface area contributed by atoms with Gasteiger partial charge in [-0.1, -0.05) is 24.3 Å². The fraction of sp³-hybridized carbons (Fsp3) is 0.526. The zero-order valence-electron chi connectivity index (χ0n) is 14.7. The predicted molar refractivity (Wildman–Crippen MR) is 95.1 cm³/mol. The Hall–Kier alpha value is -2.21. The van der Waals surface area contributed by atoms with E-state index < -0.39 is 0 Å². The maximum Gasteiger partial charge on any atom is 0.237 e. The van der Waals surface area contributed by atoms with Gasteiger partial charge in [0.2, 0.25) is 5.91 Å². The zero-order valence-corrected chi connectivity index (χ0v) is 14.7. The van der Waals surface area contributed by atoms with Crippen molar-refractivity contribution >= 4 is 5.91 Å². The molecule has 6 heteroatoms. The third-order valence-electron chi connectivity index (χ3n) is 5.42. The van der Waals surface area contributed by atoms with E-state index in [0.29, 0.717) is 6.54 Å². The lowest BCUT2D eigenvalue weighted by atomic mass is 9.99. The lowest BCUT2D eigenvalue weighted by Gasteiger charge is -2.32. The van der Waals surface area contributed by atoms with Crippen molar-refractivity contribution in [3.8, 4) is 0 Å². The highest BCUT2D eigenvalue weighted by molar-refractivity contribution is 5.81. The molecule has 6 nitrogen and oxygen atoms in total. The van der Waals surface area contributed by atoms with Crippen LogP contribution in [-0.4, -0.2) is 44.7 Å². The summed E-state index contributed by atoms with van der Waals surface area (Å²) in [7, 11) is 0. The Morgan fingerprint density at radius 3 is 2.92 bits per heavy atom. The average Bonchev–Trinajstić information content (AvgIpc) is 3.25. The Morgan fingerprint density at radius 2 is 2.04 bits per heavy atom. The third-order valence-corrected chi connectivity index (χ3v) is 5.42. The van der Waals surface area contributed by atoms with Crippen LogP contribution in [-0.2, 0) is 37.1 Å². The minimum atomic E-state index is -0.113. The number of carbonyl (C=O) groups is 1. The Bertz CT molecular complexity index is 769. The number of hydrogen-bond acceptors (Lipinski definition) is 4. The van der Waals surface area contributed by atoms with Gasteiger partial charge in [-0.3, -0.25) is 9.69 Å². The molecule has 2 aliphatic heterocycles. The predicted octanol–water partition coefficient (Wildman–Crippen LogP) is 1.33. The van der Waals surface area contributed by atoms with Crippen molar-refractivity contribution in [3.63, 3.8) is 0 Å². The van der Waals surface area contributed by atoms with Gasteiger partial charge in [-0.05, 0) is 30.9 Å². The summed E-state index contributed by atoms with van der Waals surface area (Å²) in [6.07, 6.45) is 3.93. The molecule has 25 heavy (non-hydrogen) atoms. The molecule has 132 valence electrons. The normalized spacial score (nSPS) is 17.8. The molecule has 1 aromatic heterocycles. The summed E-state index contributed by atoms with van der Waals surface area (Å²) in [6, 6.07) is 8.40. The summed E-state index contributed by atoms with van der Waals surface area (Å²) >= 11 is 0. The van der Waals surface area contributed by atoms with E-state index in [9.17, 15) is 4.79 Å². The first-order chi connectivity index (χ1) is 12.2. The van der Waals surface area contributed by atoms with E-state index in [-0.39, 0.29) is 11.9 Å². The average molecular weight is 339 g/mol. The highest BCUT2D eigenvalue weighted by Crippen LogP contribution is 2.20. The molecule has 4 rings (SSSR count). The van der Waals surface area contributed by atoms with Crippen LogP contribution in [0.5, 0.6) is 0 Å². The van der Waals surface area contributed by atoms with Gasteiger partial charge in [-0.25, -0.2) is 0 Å². The summed E-state index contributed by atoms with van der Waals surface area (Å²) in [6.45, 7) is 5.41. The van der Waals surface area contributed by atoms with E-state index in [1.54, 1.807) is 0 Å². The van der Waals surface area contributed by atoms with Gasteiger partial charge in [0.15, 0.2) is 0 Å². The SMILES string of the molecule is C[C@@H](C(=O)NCCc1nnc2n1CCC2)N1CCc2ccccc2C1. The zero-order chi connectivity index (χ0) is 17.2. The van der Waals surface area contributed by atoms with Crippen molar-refractivity contribution < 1.29 is 4.79 Å². The van der Waals surface area contributed by atoms with Crippen LogP contribution in [0.25, 0.3) is 0 Å². The van der Waals surface area contributed by atoms with Gasteiger partial charge in [0.05, 0.1) is 6.04 Å². The number of hydrogen-bond donors (Lipinski definition) is 1. The molecule has 2 aliphatic rings. The van der Waals surface area contributed by atoms with E-state index in [2.05, 4.69) is 49.2 Å². The molecule has 0 radical (unpaired) electrons. The lowest BCUT2D eigenvalue weighted by Crippen LogP contribution is -2.47. The van der Waals surface area contributed by atoms with E-state index in [0.717, 1.165) is 57.0 Å². The summed E-state index contributed by atoms with van der Waals surface area (Å²) < 4.78 is 2.19. The molecule has 1 N–H and O–H groups in total. The van der Waals surface area contributed by atoms with Crippen LogP contribution in [0.15, 0.2) is 24.3 Å².